The molecule has 0 N–H and O–H groups in total. The van der Waals surface area contributed by atoms with Crippen LogP contribution in [-0.4, -0.2) is 40.4 Å². The van der Waals surface area contributed by atoms with Gasteiger partial charge in [-0.15, -0.1) is 0 Å². The molecular weight excluding hydrogens is 274 g/mol. The van der Waals surface area contributed by atoms with Crippen LogP contribution in [0.5, 0.6) is 5.75 Å². The minimum Gasteiger partial charge on any atom is -0.476 e. The van der Waals surface area contributed by atoms with Gasteiger partial charge in [-0.25, -0.2) is 0 Å². The number of rotatable bonds is 4. The summed E-state index contributed by atoms with van der Waals surface area (Å²) in [5.41, 5.74) is 0. The molecule has 2 heterocycles. The van der Waals surface area contributed by atoms with Crippen molar-refractivity contribution in [2.24, 2.45) is 11.8 Å². The van der Waals surface area contributed by atoms with Crippen molar-refractivity contribution < 1.29 is 14.5 Å². The van der Waals surface area contributed by atoms with E-state index in [1.54, 1.807) is 4.90 Å². The number of hydrogen-bond acceptors (Lipinski definition) is 5. The predicted molar refractivity (Wildman–Crippen MR) is 75.9 cm³/mol. The van der Waals surface area contributed by atoms with Crippen LogP contribution in [0.3, 0.4) is 0 Å². The summed E-state index contributed by atoms with van der Waals surface area (Å²) in [6.45, 7) is 5.45. The van der Waals surface area contributed by atoms with Crippen LogP contribution in [0.15, 0.2) is 18.3 Å². The largest absolute Gasteiger partial charge is 0.476 e. The molecule has 0 radical (unpaired) electrons. The van der Waals surface area contributed by atoms with E-state index in [1.165, 1.54) is 18.3 Å². The third-order valence-corrected chi connectivity index (χ3v) is 3.50. The first kappa shape index (κ1) is 15.2. The summed E-state index contributed by atoms with van der Waals surface area (Å²) in [5.74, 6) is 0.432. The highest BCUT2D eigenvalue weighted by atomic mass is 16.6. The highest BCUT2D eigenvalue weighted by Gasteiger charge is 2.26. The molecule has 1 aliphatic heterocycles. The molecule has 114 valence electrons. The molecule has 1 aromatic rings. The van der Waals surface area contributed by atoms with Gasteiger partial charge in [-0.3, -0.25) is 4.79 Å². The van der Waals surface area contributed by atoms with Gasteiger partial charge >= 0.3 is 5.82 Å². The number of carbonyl (C=O) groups is 1. The summed E-state index contributed by atoms with van der Waals surface area (Å²) in [6.07, 6.45) is 2.43. The monoisotopic (exact) mass is 293 g/mol. The van der Waals surface area contributed by atoms with E-state index in [9.17, 15) is 14.9 Å². The molecule has 0 aromatic carbocycles. The van der Waals surface area contributed by atoms with E-state index in [1.807, 2.05) is 0 Å². The first-order valence-corrected chi connectivity index (χ1v) is 6.97. The summed E-state index contributed by atoms with van der Waals surface area (Å²) in [6, 6.07) is 2.98. The Morgan fingerprint density at radius 1 is 1.48 bits per heavy atom. The standard InChI is InChI=1S/C14H19N3O4/c1-10-6-11(2)8-16(7-10)13(18)9-21-12-4-3-5-15-14(12)17(19)20/h3-5,10-11H,6-9H2,1-2H3/t10-,11-/m0/s1. The van der Waals surface area contributed by atoms with Crippen molar-refractivity contribution in [3.63, 3.8) is 0 Å². The molecule has 0 saturated carbocycles. The van der Waals surface area contributed by atoms with Crippen molar-refractivity contribution >= 4 is 11.7 Å². The van der Waals surface area contributed by atoms with Gasteiger partial charge in [0, 0.05) is 13.1 Å². The van der Waals surface area contributed by atoms with Crippen molar-refractivity contribution in [1.82, 2.24) is 9.88 Å². The third-order valence-electron chi connectivity index (χ3n) is 3.50. The Labute approximate surface area is 123 Å². The Balaban J connectivity index is 1.97. The smallest absolute Gasteiger partial charge is 0.406 e. The Morgan fingerprint density at radius 3 is 2.76 bits per heavy atom. The maximum atomic E-state index is 12.2. The number of likely N-dealkylation sites (tertiary alicyclic amines) is 1. The van der Waals surface area contributed by atoms with Gasteiger partial charge in [-0.1, -0.05) is 13.8 Å². The van der Waals surface area contributed by atoms with E-state index in [4.69, 9.17) is 4.74 Å². The maximum absolute atomic E-state index is 12.2. The van der Waals surface area contributed by atoms with Gasteiger partial charge in [0.15, 0.2) is 6.61 Å². The number of ether oxygens (including phenoxy) is 1. The van der Waals surface area contributed by atoms with Crippen molar-refractivity contribution in [2.75, 3.05) is 19.7 Å². The normalized spacial score (nSPS) is 21.9. The summed E-state index contributed by atoms with van der Waals surface area (Å²) >= 11 is 0. The second-order valence-corrected chi connectivity index (χ2v) is 5.62. The molecule has 0 spiro atoms. The van der Waals surface area contributed by atoms with Crippen LogP contribution >= 0.6 is 0 Å². The zero-order valence-electron chi connectivity index (χ0n) is 12.2. The fourth-order valence-corrected chi connectivity index (χ4v) is 2.73. The molecule has 2 atom stereocenters. The Kier molecular flexibility index (Phi) is 4.72. The molecule has 21 heavy (non-hydrogen) atoms. The first-order valence-electron chi connectivity index (χ1n) is 6.97. The Hall–Kier alpha value is -2.18. The van der Waals surface area contributed by atoms with Crippen molar-refractivity contribution in [3.8, 4) is 5.75 Å². The summed E-state index contributed by atoms with van der Waals surface area (Å²) in [7, 11) is 0. The van der Waals surface area contributed by atoms with Crippen molar-refractivity contribution in [1.29, 1.82) is 0 Å². The number of nitro groups is 1. The van der Waals surface area contributed by atoms with E-state index in [0.717, 1.165) is 6.42 Å². The molecule has 2 rings (SSSR count). The van der Waals surface area contributed by atoms with Crippen molar-refractivity contribution in [2.45, 2.75) is 20.3 Å². The zero-order chi connectivity index (χ0) is 15.4. The highest BCUT2D eigenvalue weighted by Crippen LogP contribution is 2.24. The molecule has 1 saturated heterocycles. The number of carbonyl (C=O) groups excluding carboxylic acids is 1. The maximum Gasteiger partial charge on any atom is 0.406 e. The average molecular weight is 293 g/mol. The van der Waals surface area contributed by atoms with Gasteiger partial charge in [0.2, 0.25) is 5.75 Å². The molecule has 1 amide bonds. The van der Waals surface area contributed by atoms with Gasteiger partial charge in [0.25, 0.3) is 5.91 Å². The second kappa shape index (κ2) is 6.51. The van der Waals surface area contributed by atoms with E-state index in [0.29, 0.717) is 24.9 Å². The van der Waals surface area contributed by atoms with Gasteiger partial charge in [0.1, 0.15) is 6.20 Å². The topological polar surface area (TPSA) is 85.6 Å². The predicted octanol–water partition coefficient (Wildman–Crippen LogP) is 1.87. The van der Waals surface area contributed by atoms with Crippen LogP contribution < -0.4 is 4.74 Å². The lowest BCUT2D eigenvalue weighted by Crippen LogP contribution is -2.44. The lowest BCUT2D eigenvalue weighted by molar-refractivity contribution is -0.390. The lowest BCUT2D eigenvalue weighted by Gasteiger charge is -2.34. The molecule has 0 bridgehead atoms. The molecular formula is C14H19N3O4. The molecule has 1 fully saturated rings. The fourth-order valence-electron chi connectivity index (χ4n) is 2.73. The Morgan fingerprint density at radius 2 is 2.14 bits per heavy atom. The van der Waals surface area contributed by atoms with Gasteiger partial charge < -0.3 is 19.8 Å². The number of hydrogen-bond donors (Lipinski definition) is 0. The first-order chi connectivity index (χ1) is 9.97. The molecule has 7 nitrogen and oxygen atoms in total. The number of nitrogens with zero attached hydrogens (tertiary/aromatic N) is 3. The van der Waals surface area contributed by atoms with Crippen molar-refractivity contribution in [3.05, 3.63) is 28.4 Å². The number of amides is 1. The highest BCUT2D eigenvalue weighted by molar-refractivity contribution is 5.78. The van der Waals surface area contributed by atoms with E-state index >= 15 is 0 Å². The van der Waals surface area contributed by atoms with E-state index < -0.39 is 4.92 Å². The Bertz CT molecular complexity index is 525. The van der Waals surface area contributed by atoms with Crippen LogP contribution in [0.4, 0.5) is 5.82 Å². The molecule has 0 aliphatic carbocycles. The number of aromatic nitrogens is 1. The number of piperidine rings is 1. The van der Waals surface area contributed by atoms with Crippen LogP contribution in [0.2, 0.25) is 0 Å². The quantitative estimate of drug-likeness (QED) is 0.625. The van der Waals surface area contributed by atoms with Crippen LogP contribution in [-0.2, 0) is 4.79 Å². The molecule has 1 aromatic heterocycles. The van der Waals surface area contributed by atoms with E-state index in [2.05, 4.69) is 18.8 Å². The minimum absolute atomic E-state index is 0.0222. The van der Waals surface area contributed by atoms with Crippen LogP contribution in [0, 0.1) is 22.0 Å². The third kappa shape index (κ3) is 3.90. The second-order valence-electron chi connectivity index (χ2n) is 5.62. The average Bonchev–Trinajstić information content (AvgIpc) is 2.43. The van der Waals surface area contributed by atoms with Crippen LogP contribution in [0.25, 0.3) is 0 Å². The van der Waals surface area contributed by atoms with Gasteiger partial charge in [0.05, 0.1) is 0 Å². The molecule has 1 aliphatic rings. The van der Waals surface area contributed by atoms with Gasteiger partial charge in [-0.05, 0) is 40.3 Å². The summed E-state index contributed by atoms with van der Waals surface area (Å²) < 4.78 is 5.29. The fraction of sp³-hybridized carbons (Fsp3) is 0.571. The molecule has 7 heteroatoms. The van der Waals surface area contributed by atoms with Gasteiger partial charge in [-0.2, -0.15) is 0 Å². The summed E-state index contributed by atoms with van der Waals surface area (Å²) in [5, 5.41) is 10.8. The van der Waals surface area contributed by atoms with E-state index in [-0.39, 0.29) is 24.1 Å². The zero-order valence-corrected chi connectivity index (χ0v) is 12.2. The SMILES string of the molecule is C[C@H]1C[C@H](C)CN(C(=O)COc2cccnc2[N+](=O)[O-])C1. The number of pyridine rings is 1. The minimum atomic E-state index is -0.620. The summed E-state index contributed by atoms with van der Waals surface area (Å²) in [4.78, 5) is 27.8. The van der Waals surface area contributed by atoms with Crippen LogP contribution in [0.1, 0.15) is 20.3 Å². The molecule has 0 unspecified atom stereocenters. The lowest BCUT2D eigenvalue weighted by atomic mass is 9.92.